The summed E-state index contributed by atoms with van der Waals surface area (Å²) in [5, 5.41) is 12.6. The molecule has 406 valence electrons. The number of hydrogen-bond acceptors (Lipinski definition) is 15. The van der Waals surface area contributed by atoms with Gasteiger partial charge in [-0.15, -0.1) is 0 Å². The molecule has 0 radical (unpaired) electrons. The van der Waals surface area contributed by atoms with Crippen LogP contribution in [0.5, 0.6) is 23.0 Å². The second-order valence-electron chi connectivity index (χ2n) is 18.2. The van der Waals surface area contributed by atoms with Crippen molar-refractivity contribution in [3.8, 4) is 23.0 Å². The zero-order valence-electron chi connectivity index (χ0n) is 44.6. The number of rotatable bonds is 26. The first-order valence-corrected chi connectivity index (χ1v) is 25.2. The Morgan fingerprint density at radius 3 is 0.949 bits per heavy atom. The van der Waals surface area contributed by atoms with Gasteiger partial charge in [0.25, 0.3) is 0 Å². The van der Waals surface area contributed by atoms with Gasteiger partial charge in [-0.2, -0.15) is 0 Å². The monoisotopic (exact) mass is 1060 g/mol. The fraction of sp³-hybridized carbons (Fsp3) is 0.262. The molecule has 1 aromatic heterocycles. The number of carbonyl (C=O) groups excluding carboxylic acids is 4. The molecular formula is C61H65N5O12. The third-order valence-electron chi connectivity index (χ3n) is 13.1. The van der Waals surface area contributed by atoms with Crippen LogP contribution in [-0.2, 0) is 55.7 Å². The van der Waals surface area contributed by atoms with Crippen LogP contribution < -0.4 is 40.2 Å². The van der Waals surface area contributed by atoms with E-state index < -0.39 is 35.2 Å². The number of benzene rings is 6. The minimum atomic E-state index is -1.01. The number of nitrogens with one attached hydrogen (secondary N) is 4. The molecule has 0 bridgehead atoms. The van der Waals surface area contributed by atoms with E-state index in [2.05, 4.69) is 26.3 Å². The molecule has 0 saturated carbocycles. The Bertz CT molecular complexity index is 2740. The first-order valence-electron chi connectivity index (χ1n) is 25.2. The number of pyridine rings is 1. The van der Waals surface area contributed by atoms with Gasteiger partial charge in [0, 0.05) is 63.5 Å². The van der Waals surface area contributed by atoms with E-state index >= 15 is 0 Å². The highest BCUT2D eigenvalue weighted by atomic mass is 16.6. The molecule has 0 fully saturated rings. The molecular weight excluding hydrogens is 995 g/mol. The van der Waals surface area contributed by atoms with Gasteiger partial charge < -0.3 is 59.2 Å². The van der Waals surface area contributed by atoms with Crippen LogP contribution in [0, 0.1) is 0 Å². The third-order valence-corrected chi connectivity index (χ3v) is 13.1. The van der Waals surface area contributed by atoms with Crippen molar-refractivity contribution < 1.29 is 57.1 Å². The van der Waals surface area contributed by atoms with Crippen LogP contribution in [0.25, 0.3) is 0 Å². The minimum absolute atomic E-state index is 0.0413. The van der Waals surface area contributed by atoms with Gasteiger partial charge in [-0.3, -0.25) is 4.98 Å². The molecule has 0 aliphatic rings. The highest BCUT2D eigenvalue weighted by molar-refractivity contribution is 5.94. The maximum atomic E-state index is 13.8. The van der Waals surface area contributed by atoms with E-state index in [0.29, 0.717) is 48.7 Å². The molecule has 17 nitrogen and oxygen atoms in total. The van der Waals surface area contributed by atoms with Crippen LogP contribution >= 0.6 is 0 Å². The van der Waals surface area contributed by atoms with Gasteiger partial charge in [0.1, 0.15) is 49.4 Å². The molecule has 0 atom stereocenters. The minimum Gasteiger partial charge on any atom is -0.497 e. The average molecular weight is 1060 g/mol. The van der Waals surface area contributed by atoms with Crippen molar-refractivity contribution in [1.29, 1.82) is 0 Å². The smallest absolute Gasteiger partial charge is 0.407 e. The van der Waals surface area contributed by atoms with Crippen molar-refractivity contribution in [3.05, 3.63) is 209 Å². The average Bonchev–Trinajstić information content (AvgIpc) is 3.54. The Balaban J connectivity index is 0.959. The first kappa shape index (κ1) is 56.5. The summed E-state index contributed by atoms with van der Waals surface area (Å²) in [6, 6.07) is 47.4. The summed E-state index contributed by atoms with van der Waals surface area (Å²) >= 11 is 0. The van der Waals surface area contributed by atoms with E-state index in [4.69, 9.17) is 37.9 Å². The van der Waals surface area contributed by atoms with Crippen LogP contribution in [0.2, 0.25) is 0 Å². The summed E-state index contributed by atoms with van der Waals surface area (Å²) in [5.74, 6) is 1.16. The number of anilines is 2. The van der Waals surface area contributed by atoms with E-state index in [1.165, 1.54) is 18.5 Å². The van der Waals surface area contributed by atoms with Gasteiger partial charge in [0.2, 0.25) is 0 Å². The van der Waals surface area contributed by atoms with Crippen molar-refractivity contribution in [3.63, 3.8) is 0 Å². The molecule has 0 aliphatic heterocycles. The van der Waals surface area contributed by atoms with Crippen molar-refractivity contribution in [2.75, 3.05) is 79.6 Å². The van der Waals surface area contributed by atoms with Gasteiger partial charge >= 0.3 is 24.1 Å². The number of esters is 2. The summed E-state index contributed by atoms with van der Waals surface area (Å²) in [6.07, 6.45) is 2.53. The molecule has 0 unspecified atom stereocenters. The second-order valence-corrected chi connectivity index (χ2v) is 18.2. The fourth-order valence-corrected chi connectivity index (χ4v) is 8.96. The summed E-state index contributed by atoms with van der Waals surface area (Å²) in [4.78, 5) is 58.1. The standard InChI is InChI=1S/C61H65N5O12/c1-62-50-19-15-48(16-20-50)60(36-42-7-23-52(71-3)24-8-42,37-43-9-25-53(72-4)26-10-43)65-58(69)77-33-31-75-56(67)46-35-47(41-64-40-46)57(68)76-32-34-78-59(70)66-61(49-17-21-51(63-2)22-18-49,38-44-11-27-54(73-5)28-12-44)39-45-13-29-55(74-6)30-14-45/h7-30,35,40-41,62-63H,31-34,36-39H2,1-6H3,(H,65,69)(H,66,70). The van der Waals surface area contributed by atoms with Gasteiger partial charge in [0.05, 0.1) is 50.6 Å². The summed E-state index contributed by atoms with van der Waals surface area (Å²) < 4.78 is 43.8. The number of alkyl carbamates (subject to hydrolysis) is 2. The van der Waals surface area contributed by atoms with Crippen LogP contribution in [0.4, 0.5) is 21.0 Å². The lowest BCUT2D eigenvalue weighted by molar-refractivity contribution is 0.0384. The topological polar surface area (TPSA) is 203 Å². The molecule has 4 N–H and O–H groups in total. The number of hydrogen-bond donors (Lipinski definition) is 4. The molecule has 6 aromatic carbocycles. The summed E-state index contributed by atoms with van der Waals surface area (Å²) in [5.41, 5.74) is 5.06. The van der Waals surface area contributed by atoms with Crippen LogP contribution in [0.1, 0.15) is 54.1 Å². The molecule has 78 heavy (non-hydrogen) atoms. The molecule has 1 heterocycles. The van der Waals surface area contributed by atoms with Crippen molar-refractivity contribution in [2.24, 2.45) is 0 Å². The van der Waals surface area contributed by atoms with Gasteiger partial charge in [-0.05, 0) is 112 Å². The highest BCUT2D eigenvalue weighted by Gasteiger charge is 2.37. The maximum absolute atomic E-state index is 13.8. The predicted molar refractivity (Wildman–Crippen MR) is 296 cm³/mol. The second kappa shape index (κ2) is 27.5. The van der Waals surface area contributed by atoms with Gasteiger partial charge in [0.15, 0.2) is 0 Å². The van der Waals surface area contributed by atoms with E-state index in [1.54, 1.807) is 28.4 Å². The predicted octanol–water partition coefficient (Wildman–Crippen LogP) is 9.73. The molecule has 7 aromatic rings. The molecule has 17 heteroatoms. The number of aromatic nitrogens is 1. The quantitative estimate of drug-likeness (QED) is 0.0227. The number of nitrogens with zero attached hydrogens (tertiary/aromatic N) is 1. The molecule has 2 amide bonds. The first-order chi connectivity index (χ1) is 37.9. The van der Waals surface area contributed by atoms with Crippen molar-refractivity contribution >= 4 is 35.5 Å². The molecule has 0 aliphatic carbocycles. The molecule has 0 spiro atoms. The Morgan fingerprint density at radius 2 is 0.679 bits per heavy atom. The zero-order valence-corrected chi connectivity index (χ0v) is 44.6. The highest BCUT2D eigenvalue weighted by Crippen LogP contribution is 2.35. The number of amides is 2. The Labute approximate surface area is 454 Å². The summed E-state index contributed by atoms with van der Waals surface area (Å²) in [7, 11) is 10.1. The number of ether oxygens (including phenoxy) is 8. The van der Waals surface area contributed by atoms with Crippen LogP contribution in [0.3, 0.4) is 0 Å². The number of methoxy groups -OCH3 is 4. The van der Waals surface area contributed by atoms with E-state index in [-0.39, 0.29) is 37.6 Å². The van der Waals surface area contributed by atoms with Crippen LogP contribution in [-0.4, -0.2) is 98.1 Å². The van der Waals surface area contributed by atoms with E-state index in [9.17, 15) is 19.2 Å². The molecule has 7 rings (SSSR count). The van der Waals surface area contributed by atoms with E-state index in [0.717, 1.165) is 44.8 Å². The summed E-state index contributed by atoms with van der Waals surface area (Å²) in [6.45, 7) is -1.17. The SMILES string of the molecule is CNc1ccc(C(Cc2ccc(OC)cc2)(Cc2ccc(OC)cc2)NC(=O)OCCOC(=O)c2cncc(C(=O)OCCOC(=O)NC(Cc3ccc(OC)cc3)(Cc3ccc(OC)cc3)c3ccc(NC)cc3)c2)cc1. The Hall–Kier alpha value is -9.25. The lowest BCUT2D eigenvalue weighted by Gasteiger charge is -2.36. The largest absolute Gasteiger partial charge is 0.497 e. The Morgan fingerprint density at radius 1 is 0.397 bits per heavy atom. The Kier molecular flexibility index (Phi) is 19.9. The van der Waals surface area contributed by atoms with Crippen molar-refractivity contribution in [2.45, 2.75) is 36.8 Å². The fourth-order valence-electron chi connectivity index (χ4n) is 8.96. The lowest BCUT2D eigenvalue weighted by Crippen LogP contribution is -2.49. The lowest BCUT2D eigenvalue weighted by atomic mass is 9.78. The van der Waals surface area contributed by atoms with Crippen LogP contribution in [0.15, 0.2) is 164 Å². The molecule has 0 saturated heterocycles. The van der Waals surface area contributed by atoms with Crippen molar-refractivity contribution in [1.82, 2.24) is 15.6 Å². The van der Waals surface area contributed by atoms with Gasteiger partial charge in [-0.25, -0.2) is 19.2 Å². The zero-order chi connectivity index (χ0) is 55.3. The maximum Gasteiger partial charge on any atom is 0.407 e. The van der Waals surface area contributed by atoms with Gasteiger partial charge in [-0.1, -0.05) is 72.8 Å². The number of carbonyl (C=O) groups is 4. The third kappa shape index (κ3) is 15.4. The van der Waals surface area contributed by atoms with E-state index in [1.807, 2.05) is 160 Å². The normalized spacial score (nSPS) is 11.1.